The molecular weight excluding hydrogens is 214 g/mol. The molecular formula is C13H15N3O. The fraction of sp³-hybridized carbons (Fsp3) is 0.231. The minimum absolute atomic E-state index is 0.378. The zero-order chi connectivity index (χ0) is 12.3. The van der Waals surface area contributed by atoms with Crippen molar-refractivity contribution in [1.29, 1.82) is 0 Å². The first-order chi connectivity index (χ1) is 8.17. The summed E-state index contributed by atoms with van der Waals surface area (Å²) < 4.78 is 5.58. The number of hydrogen-bond donors (Lipinski definition) is 1. The van der Waals surface area contributed by atoms with Gasteiger partial charge in [-0.2, -0.15) is 0 Å². The van der Waals surface area contributed by atoms with Crippen molar-refractivity contribution in [2.45, 2.75) is 20.4 Å². The van der Waals surface area contributed by atoms with Crippen molar-refractivity contribution in [3.8, 4) is 11.8 Å². The van der Waals surface area contributed by atoms with Gasteiger partial charge in [0.15, 0.2) is 0 Å². The number of ether oxygens (including phenoxy) is 1. The summed E-state index contributed by atoms with van der Waals surface area (Å²) in [6, 6.07) is 9.87. The van der Waals surface area contributed by atoms with E-state index in [0.717, 1.165) is 17.0 Å². The molecule has 17 heavy (non-hydrogen) atoms. The number of aryl methyl sites for hydroxylation is 2. The minimum atomic E-state index is 0.378. The first kappa shape index (κ1) is 11.5. The summed E-state index contributed by atoms with van der Waals surface area (Å²) in [6.45, 7) is 4.36. The van der Waals surface area contributed by atoms with Crippen LogP contribution in [0.5, 0.6) is 11.8 Å². The average molecular weight is 229 g/mol. The number of nitrogens with zero attached hydrogens (tertiary/aromatic N) is 2. The van der Waals surface area contributed by atoms with Gasteiger partial charge in [-0.3, -0.25) is 0 Å². The second kappa shape index (κ2) is 4.93. The number of aromatic nitrogens is 2. The van der Waals surface area contributed by atoms with Gasteiger partial charge < -0.3 is 10.5 Å². The van der Waals surface area contributed by atoms with Gasteiger partial charge in [0.05, 0.1) is 0 Å². The Balaban J connectivity index is 2.19. The highest BCUT2D eigenvalue weighted by molar-refractivity contribution is 5.29. The smallest absolute Gasteiger partial charge is 0.322 e. The van der Waals surface area contributed by atoms with E-state index in [1.54, 1.807) is 0 Å². The van der Waals surface area contributed by atoms with Gasteiger partial charge in [0.1, 0.15) is 5.75 Å². The summed E-state index contributed by atoms with van der Waals surface area (Å²) in [6.07, 6.45) is 0. The fourth-order valence-corrected chi connectivity index (χ4v) is 1.54. The molecule has 2 rings (SSSR count). The largest absolute Gasteiger partial charge is 0.424 e. The summed E-state index contributed by atoms with van der Waals surface area (Å²) in [7, 11) is 0. The molecule has 0 spiro atoms. The zero-order valence-corrected chi connectivity index (χ0v) is 9.97. The SMILES string of the molecule is Cc1cc(C)nc(Oc2ccc(CN)cc2)n1. The normalized spacial score (nSPS) is 10.3. The minimum Gasteiger partial charge on any atom is -0.424 e. The number of nitrogens with two attached hydrogens (primary N) is 1. The monoisotopic (exact) mass is 229 g/mol. The van der Waals surface area contributed by atoms with Crippen LogP contribution in [0.15, 0.2) is 30.3 Å². The molecule has 4 heteroatoms. The Bertz CT molecular complexity index is 488. The molecule has 2 N–H and O–H groups in total. The summed E-state index contributed by atoms with van der Waals surface area (Å²) in [5.41, 5.74) is 8.38. The molecule has 0 bridgehead atoms. The van der Waals surface area contributed by atoms with Crippen LogP contribution in [0.4, 0.5) is 0 Å². The quantitative estimate of drug-likeness (QED) is 0.877. The van der Waals surface area contributed by atoms with Gasteiger partial charge in [0, 0.05) is 17.9 Å². The van der Waals surface area contributed by atoms with Gasteiger partial charge >= 0.3 is 6.01 Å². The van der Waals surface area contributed by atoms with Gasteiger partial charge in [-0.15, -0.1) is 0 Å². The highest BCUT2D eigenvalue weighted by Gasteiger charge is 2.02. The van der Waals surface area contributed by atoms with E-state index in [1.807, 2.05) is 44.2 Å². The number of hydrogen-bond acceptors (Lipinski definition) is 4. The van der Waals surface area contributed by atoms with Crippen LogP contribution in [0.1, 0.15) is 17.0 Å². The lowest BCUT2D eigenvalue weighted by atomic mass is 10.2. The molecule has 88 valence electrons. The van der Waals surface area contributed by atoms with E-state index >= 15 is 0 Å². The Labute approximate surface area is 100 Å². The van der Waals surface area contributed by atoms with Crippen LogP contribution in [0.25, 0.3) is 0 Å². The van der Waals surface area contributed by atoms with Crippen LogP contribution >= 0.6 is 0 Å². The Kier molecular flexibility index (Phi) is 3.35. The molecule has 0 saturated carbocycles. The van der Waals surface area contributed by atoms with Crippen LogP contribution in [-0.4, -0.2) is 9.97 Å². The fourth-order valence-electron chi connectivity index (χ4n) is 1.54. The Morgan fingerprint density at radius 1 is 1.06 bits per heavy atom. The summed E-state index contributed by atoms with van der Waals surface area (Å²) >= 11 is 0. The molecule has 0 radical (unpaired) electrons. The topological polar surface area (TPSA) is 61.0 Å². The highest BCUT2D eigenvalue weighted by atomic mass is 16.5. The summed E-state index contributed by atoms with van der Waals surface area (Å²) in [4.78, 5) is 8.43. The number of benzene rings is 1. The Hall–Kier alpha value is -1.94. The van der Waals surface area contributed by atoms with Crippen LogP contribution in [0.3, 0.4) is 0 Å². The predicted molar refractivity (Wildman–Crippen MR) is 65.9 cm³/mol. The van der Waals surface area contributed by atoms with Gasteiger partial charge in [-0.1, -0.05) is 12.1 Å². The third kappa shape index (κ3) is 3.01. The lowest BCUT2D eigenvalue weighted by molar-refractivity contribution is 0.438. The molecule has 0 atom stereocenters. The maximum atomic E-state index is 5.58. The maximum Gasteiger partial charge on any atom is 0.322 e. The second-order valence-electron chi connectivity index (χ2n) is 3.88. The molecule has 0 unspecified atom stereocenters. The van der Waals surface area contributed by atoms with Crippen molar-refractivity contribution >= 4 is 0 Å². The molecule has 2 aromatic rings. The van der Waals surface area contributed by atoms with Crippen molar-refractivity contribution in [3.05, 3.63) is 47.3 Å². The molecule has 1 heterocycles. The molecule has 0 aliphatic rings. The van der Waals surface area contributed by atoms with Gasteiger partial charge in [-0.05, 0) is 37.6 Å². The van der Waals surface area contributed by atoms with E-state index in [1.165, 1.54) is 0 Å². The van der Waals surface area contributed by atoms with Crippen LogP contribution in [0.2, 0.25) is 0 Å². The average Bonchev–Trinajstić information content (AvgIpc) is 2.28. The van der Waals surface area contributed by atoms with Crippen molar-refractivity contribution in [1.82, 2.24) is 9.97 Å². The number of rotatable bonds is 3. The van der Waals surface area contributed by atoms with E-state index in [9.17, 15) is 0 Å². The standard InChI is InChI=1S/C13H15N3O/c1-9-7-10(2)16-13(15-9)17-12-5-3-11(8-14)4-6-12/h3-7H,8,14H2,1-2H3. The van der Waals surface area contributed by atoms with Crippen molar-refractivity contribution in [3.63, 3.8) is 0 Å². The van der Waals surface area contributed by atoms with E-state index in [4.69, 9.17) is 10.5 Å². The lowest BCUT2D eigenvalue weighted by Crippen LogP contribution is -1.97. The zero-order valence-electron chi connectivity index (χ0n) is 9.97. The Morgan fingerprint density at radius 3 is 2.18 bits per heavy atom. The molecule has 0 amide bonds. The van der Waals surface area contributed by atoms with Gasteiger partial charge in [0.25, 0.3) is 0 Å². The van der Waals surface area contributed by atoms with E-state index in [0.29, 0.717) is 18.3 Å². The van der Waals surface area contributed by atoms with Crippen LogP contribution in [0, 0.1) is 13.8 Å². The molecule has 0 saturated heterocycles. The third-order valence-corrected chi connectivity index (χ3v) is 2.33. The molecule has 0 aliphatic heterocycles. The molecule has 4 nitrogen and oxygen atoms in total. The maximum absolute atomic E-state index is 5.58. The van der Waals surface area contributed by atoms with E-state index < -0.39 is 0 Å². The van der Waals surface area contributed by atoms with Crippen molar-refractivity contribution < 1.29 is 4.74 Å². The van der Waals surface area contributed by atoms with Gasteiger partial charge in [-0.25, -0.2) is 9.97 Å². The van der Waals surface area contributed by atoms with Crippen LogP contribution < -0.4 is 10.5 Å². The van der Waals surface area contributed by atoms with E-state index in [2.05, 4.69) is 9.97 Å². The molecule has 0 fully saturated rings. The first-order valence-corrected chi connectivity index (χ1v) is 5.46. The summed E-state index contributed by atoms with van der Waals surface area (Å²) in [5, 5.41) is 0. The summed E-state index contributed by atoms with van der Waals surface area (Å²) in [5.74, 6) is 0.715. The van der Waals surface area contributed by atoms with E-state index in [-0.39, 0.29) is 0 Å². The van der Waals surface area contributed by atoms with Crippen molar-refractivity contribution in [2.24, 2.45) is 5.73 Å². The molecule has 0 aliphatic carbocycles. The van der Waals surface area contributed by atoms with Crippen LogP contribution in [-0.2, 0) is 6.54 Å². The van der Waals surface area contributed by atoms with Crippen molar-refractivity contribution in [2.75, 3.05) is 0 Å². The first-order valence-electron chi connectivity index (χ1n) is 5.46. The molecule has 1 aromatic carbocycles. The Morgan fingerprint density at radius 2 is 1.65 bits per heavy atom. The third-order valence-electron chi connectivity index (χ3n) is 2.33. The molecule has 1 aromatic heterocycles. The highest BCUT2D eigenvalue weighted by Crippen LogP contribution is 2.18. The van der Waals surface area contributed by atoms with Gasteiger partial charge in [0.2, 0.25) is 0 Å². The second-order valence-corrected chi connectivity index (χ2v) is 3.88. The predicted octanol–water partition coefficient (Wildman–Crippen LogP) is 2.34. The lowest BCUT2D eigenvalue weighted by Gasteiger charge is -2.06.